The van der Waals surface area contributed by atoms with E-state index < -0.39 is 0 Å². The van der Waals surface area contributed by atoms with Crippen molar-refractivity contribution in [3.63, 3.8) is 0 Å². The van der Waals surface area contributed by atoms with Crippen LogP contribution in [0.15, 0.2) is 42.7 Å². The minimum atomic E-state index is 0.453. The highest BCUT2D eigenvalue weighted by Crippen LogP contribution is 2.14. The molecule has 0 radical (unpaired) electrons. The van der Waals surface area contributed by atoms with Crippen molar-refractivity contribution in [2.24, 2.45) is 0 Å². The Hall–Kier alpha value is -2.47. The van der Waals surface area contributed by atoms with Gasteiger partial charge in [-0.1, -0.05) is 12.1 Å². The zero-order valence-corrected chi connectivity index (χ0v) is 13.2. The molecule has 3 heterocycles. The number of rotatable bonds is 4. The highest BCUT2D eigenvalue weighted by Gasteiger charge is 2.20. The molecule has 1 N–H and O–H groups in total. The first-order chi connectivity index (χ1) is 11.3. The summed E-state index contributed by atoms with van der Waals surface area (Å²) < 4.78 is 3.91. The summed E-state index contributed by atoms with van der Waals surface area (Å²) in [5.41, 5.74) is 2.36. The number of hydrogen-bond donors (Lipinski definition) is 1. The van der Waals surface area contributed by atoms with Crippen molar-refractivity contribution in [2.45, 2.75) is 38.9 Å². The molecule has 0 aliphatic carbocycles. The Kier molecular flexibility index (Phi) is 3.67. The minimum Gasteiger partial charge on any atom is -0.308 e. The molecule has 1 aromatic carbocycles. The molecule has 0 amide bonds. The van der Waals surface area contributed by atoms with E-state index in [0.29, 0.717) is 6.04 Å². The molecule has 118 valence electrons. The smallest absolute Gasteiger partial charge is 0.147 e. The predicted octanol–water partition coefficient (Wildman–Crippen LogP) is 1.88. The van der Waals surface area contributed by atoms with E-state index in [-0.39, 0.29) is 0 Å². The maximum Gasteiger partial charge on any atom is 0.147 e. The first-order valence-electron chi connectivity index (χ1n) is 8.00. The van der Waals surface area contributed by atoms with Crippen LogP contribution in [0.25, 0.3) is 5.69 Å². The first-order valence-corrected chi connectivity index (χ1v) is 8.00. The zero-order chi connectivity index (χ0) is 15.6. The molecular formula is C17H20N6. The Bertz CT molecular complexity index is 772. The molecular weight excluding hydrogens is 288 g/mol. The largest absolute Gasteiger partial charge is 0.308 e. The Morgan fingerprint density at radius 3 is 2.91 bits per heavy atom. The number of aromatic nitrogens is 5. The molecule has 1 atom stereocenters. The van der Waals surface area contributed by atoms with Gasteiger partial charge in [-0.25, -0.2) is 14.3 Å². The number of nitrogens with zero attached hydrogens (tertiary/aromatic N) is 5. The van der Waals surface area contributed by atoms with E-state index in [1.54, 1.807) is 6.20 Å². The molecule has 0 fully saturated rings. The summed E-state index contributed by atoms with van der Waals surface area (Å²) in [6.45, 7) is 3.73. The molecule has 0 bridgehead atoms. The highest BCUT2D eigenvalue weighted by molar-refractivity contribution is 5.33. The van der Waals surface area contributed by atoms with Gasteiger partial charge in [-0.2, -0.15) is 10.2 Å². The van der Waals surface area contributed by atoms with Crippen LogP contribution in [-0.4, -0.2) is 30.6 Å². The topological polar surface area (TPSA) is 60.6 Å². The lowest BCUT2D eigenvalue weighted by atomic mass is 10.1. The average molecular weight is 308 g/mol. The number of benzene rings is 1. The highest BCUT2D eigenvalue weighted by atomic mass is 15.4. The fraction of sp³-hybridized carbons (Fsp3) is 0.353. The van der Waals surface area contributed by atoms with Crippen molar-refractivity contribution in [1.82, 2.24) is 29.9 Å². The molecule has 2 aromatic heterocycles. The summed E-state index contributed by atoms with van der Waals surface area (Å²) in [5, 5.41) is 12.3. The molecule has 4 rings (SSSR count). The second-order valence-corrected chi connectivity index (χ2v) is 5.99. The van der Waals surface area contributed by atoms with Gasteiger partial charge in [0, 0.05) is 31.4 Å². The molecule has 0 saturated heterocycles. The van der Waals surface area contributed by atoms with Crippen LogP contribution < -0.4 is 5.32 Å². The molecule has 6 heteroatoms. The van der Waals surface area contributed by atoms with E-state index in [0.717, 1.165) is 43.3 Å². The molecule has 23 heavy (non-hydrogen) atoms. The van der Waals surface area contributed by atoms with E-state index in [2.05, 4.69) is 44.8 Å². The van der Waals surface area contributed by atoms with Crippen molar-refractivity contribution in [1.29, 1.82) is 0 Å². The Morgan fingerprint density at radius 1 is 1.26 bits per heavy atom. The van der Waals surface area contributed by atoms with Crippen molar-refractivity contribution < 1.29 is 0 Å². The van der Waals surface area contributed by atoms with Gasteiger partial charge in [-0.05, 0) is 37.1 Å². The van der Waals surface area contributed by atoms with E-state index in [1.807, 2.05) is 28.6 Å². The third-order valence-corrected chi connectivity index (χ3v) is 4.26. The van der Waals surface area contributed by atoms with Gasteiger partial charge in [0.25, 0.3) is 0 Å². The van der Waals surface area contributed by atoms with Crippen LogP contribution >= 0.6 is 0 Å². The molecule has 0 saturated carbocycles. The Balaban J connectivity index is 1.36. The van der Waals surface area contributed by atoms with E-state index in [9.17, 15) is 0 Å². The Labute approximate surface area is 135 Å². The molecule has 0 unspecified atom stereocenters. The van der Waals surface area contributed by atoms with Crippen LogP contribution in [0.4, 0.5) is 0 Å². The van der Waals surface area contributed by atoms with Crippen LogP contribution in [0.3, 0.4) is 0 Å². The summed E-state index contributed by atoms with van der Waals surface area (Å²) in [4.78, 5) is 4.45. The number of hydrogen-bond acceptors (Lipinski definition) is 4. The van der Waals surface area contributed by atoms with Gasteiger partial charge in [0.05, 0.1) is 12.2 Å². The van der Waals surface area contributed by atoms with Crippen molar-refractivity contribution in [3.05, 3.63) is 59.9 Å². The molecule has 6 nitrogen and oxygen atoms in total. The average Bonchev–Trinajstić information content (AvgIpc) is 3.21. The van der Waals surface area contributed by atoms with E-state index in [1.165, 1.54) is 5.56 Å². The van der Waals surface area contributed by atoms with Gasteiger partial charge in [0.1, 0.15) is 11.6 Å². The molecule has 1 aliphatic heterocycles. The molecule has 3 aromatic rings. The van der Waals surface area contributed by atoms with Crippen LogP contribution in [0.5, 0.6) is 0 Å². The summed E-state index contributed by atoms with van der Waals surface area (Å²) >= 11 is 0. The summed E-state index contributed by atoms with van der Waals surface area (Å²) in [5.74, 6) is 1.99. The minimum absolute atomic E-state index is 0.453. The summed E-state index contributed by atoms with van der Waals surface area (Å²) in [7, 11) is 0. The maximum atomic E-state index is 4.45. The Morgan fingerprint density at radius 2 is 2.13 bits per heavy atom. The number of nitrogens with one attached hydrogen (secondary N) is 1. The standard InChI is InChI=1S/C17H20N6/c1-13-20-17-8-5-15(12-23(17)21-13)18-11-14-3-6-16(7-4-14)22-10-2-9-19-22/h2-4,6-7,9-10,15,18H,5,8,11-12H2,1H3/t15-/m0/s1. The van der Waals surface area contributed by atoms with Crippen LogP contribution in [0, 0.1) is 6.92 Å². The third kappa shape index (κ3) is 3.03. The lowest BCUT2D eigenvalue weighted by Crippen LogP contribution is -2.37. The van der Waals surface area contributed by atoms with Crippen LogP contribution in [-0.2, 0) is 19.5 Å². The number of aryl methyl sites for hydroxylation is 2. The number of fused-ring (bicyclic) bond motifs is 1. The van der Waals surface area contributed by atoms with Gasteiger partial charge in [0.15, 0.2) is 0 Å². The van der Waals surface area contributed by atoms with E-state index in [4.69, 9.17) is 0 Å². The van der Waals surface area contributed by atoms with Crippen LogP contribution in [0.2, 0.25) is 0 Å². The lowest BCUT2D eigenvalue weighted by Gasteiger charge is -2.23. The first kappa shape index (κ1) is 14.1. The van der Waals surface area contributed by atoms with Gasteiger partial charge < -0.3 is 5.32 Å². The van der Waals surface area contributed by atoms with Gasteiger partial charge in [-0.3, -0.25) is 0 Å². The van der Waals surface area contributed by atoms with Gasteiger partial charge >= 0.3 is 0 Å². The van der Waals surface area contributed by atoms with Gasteiger partial charge in [-0.15, -0.1) is 0 Å². The van der Waals surface area contributed by atoms with Crippen LogP contribution in [0.1, 0.15) is 23.6 Å². The zero-order valence-electron chi connectivity index (χ0n) is 13.2. The predicted molar refractivity (Wildman–Crippen MR) is 87.3 cm³/mol. The monoisotopic (exact) mass is 308 g/mol. The van der Waals surface area contributed by atoms with Crippen molar-refractivity contribution >= 4 is 0 Å². The third-order valence-electron chi connectivity index (χ3n) is 4.26. The van der Waals surface area contributed by atoms with Crippen molar-refractivity contribution in [3.8, 4) is 5.69 Å². The second kappa shape index (κ2) is 5.96. The summed E-state index contributed by atoms with van der Waals surface area (Å²) in [6, 6.07) is 10.9. The molecule has 0 spiro atoms. The maximum absolute atomic E-state index is 4.45. The van der Waals surface area contributed by atoms with Crippen molar-refractivity contribution in [2.75, 3.05) is 0 Å². The quantitative estimate of drug-likeness (QED) is 0.799. The fourth-order valence-electron chi connectivity index (χ4n) is 3.05. The van der Waals surface area contributed by atoms with E-state index >= 15 is 0 Å². The normalized spacial score (nSPS) is 17.2. The summed E-state index contributed by atoms with van der Waals surface area (Å²) in [6.07, 6.45) is 5.85. The lowest BCUT2D eigenvalue weighted by molar-refractivity contribution is 0.357. The van der Waals surface area contributed by atoms with Gasteiger partial charge in [0.2, 0.25) is 0 Å². The second-order valence-electron chi connectivity index (χ2n) is 5.99. The fourth-order valence-corrected chi connectivity index (χ4v) is 3.05. The molecule has 1 aliphatic rings. The SMILES string of the molecule is Cc1nc2n(n1)C[C@@H](NCc1ccc(-n3cccn3)cc1)CC2.